The van der Waals surface area contributed by atoms with Crippen LogP contribution in [0.3, 0.4) is 0 Å². The number of ketones is 1. The Morgan fingerprint density at radius 2 is 1.93 bits per heavy atom. The van der Waals surface area contributed by atoms with Gasteiger partial charge in [0.15, 0.2) is 5.78 Å². The van der Waals surface area contributed by atoms with E-state index in [4.69, 9.17) is 0 Å². The first-order chi connectivity index (χ1) is 13.5. The highest BCUT2D eigenvalue weighted by molar-refractivity contribution is 5.98. The summed E-state index contributed by atoms with van der Waals surface area (Å²) >= 11 is 0. The quantitative estimate of drug-likeness (QED) is 0.698. The summed E-state index contributed by atoms with van der Waals surface area (Å²) in [6, 6.07) is 11.7. The van der Waals surface area contributed by atoms with Gasteiger partial charge in [-0.1, -0.05) is 44.2 Å². The lowest BCUT2D eigenvalue weighted by atomic mass is 9.99. The number of carbonyl (C=O) groups excluding carboxylic acids is 2. The van der Waals surface area contributed by atoms with Crippen molar-refractivity contribution in [2.24, 2.45) is 5.92 Å². The van der Waals surface area contributed by atoms with Crippen LogP contribution in [0.25, 0.3) is 0 Å². The highest BCUT2D eigenvalue weighted by Crippen LogP contribution is 2.23. The molecule has 1 fully saturated rings. The number of nitrogens with zero attached hydrogens (tertiary/aromatic N) is 2. The van der Waals surface area contributed by atoms with Gasteiger partial charge in [-0.15, -0.1) is 12.4 Å². The van der Waals surface area contributed by atoms with Crippen LogP contribution in [0.2, 0.25) is 0 Å². The first-order valence-corrected chi connectivity index (χ1v) is 10.1. The number of amides is 1. The molecule has 1 N–H and O–H groups in total. The molecule has 2 heterocycles. The van der Waals surface area contributed by atoms with Gasteiger partial charge < -0.3 is 10.2 Å². The van der Waals surface area contributed by atoms with E-state index in [2.05, 4.69) is 24.1 Å². The summed E-state index contributed by atoms with van der Waals surface area (Å²) in [5, 5.41) is 3.34. The van der Waals surface area contributed by atoms with Crippen LogP contribution >= 0.6 is 12.4 Å². The molecule has 1 atom stereocenters. The number of nitrogens with one attached hydrogen (secondary N) is 1. The molecule has 1 aromatic heterocycles. The summed E-state index contributed by atoms with van der Waals surface area (Å²) < 4.78 is 0. The molecular formula is C23H30ClN3O2. The molecule has 0 spiro atoms. The van der Waals surface area contributed by atoms with Gasteiger partial charge in [0.2, 0.25) is 5.91 Å². The number of aromatic nitrogens is 1. The van der Waals surface area contributed by atoms with Crippen LogP contribution in [0, 0.1) is 5.92 Å². The van der Waals surface area contributed by atoms with E-state index < -0.39 is 0 Å². The second-order valence-electron chi connectivity index (χ2n) is 7.81. The number of rotatable bonds is 7. The zero-order chi connectivity index (χ0) is 19.9. The topological polar surface area (TPSA) is 62.3 Å². The maximum absolute atomic E-state index is 12.8. The fourth-order valence-electron chi connectivity index (χ4n) is 3.68. The molecule has 29 heavy (non-hydrogen) atoms. The molecule has 156 valence electrons. The molecule has 1 aliphatic rings. The van der Waals surface area contributed by atoms with Crippen LogP contribution in [0.5, 0.6) is 0 Å². The molecule has 6 heteroatoms. The standard InChI is InChI=1S/C23H29N3O2.ClH/c1-17(2)14-18-5-7-19(8-6-18)22(27)9-10-23(28)26-13-12-25-16-21(26)20-4-3-11-24-15-20;/h3-8,11,15,17,21,25H,9-10,12-14,16H2,1-2H3;1H. The summed E-state index contributed by atoms with van der Waals surface area (Å²) in [6.07, 6.45) is 5.03. The number of Topliss-reactive ketones (excluding diaryl/α,β-unsaturated/α-hetero) is 1. The van der Waals surface area contributed by atoms with Crippen LogP contribution in [0.1, 0.15) is 54.2 Å². The molecule has 1 amide bonds. The van der Waals surface area contributed by atoms with E-state index in [1.54, 1.807) is 6.20 Å². The summed E-state index contributed by atoms with van der Waals surface area (Å²) in [7, 11) is 0. The van der Waals surface area contributed by atoms with Gasteiger partial charge in [0.1, 0.15) is 0 Å². The van der Waals surface area contributed by atoms with Crippen LogP contribution < -0.4 is 5.32 Å². The molecule has 5 nitrogen and oxygen atoms in total. The fourth-order valence-corrected chi connectivity index (χ4v) is 3.68. The maximum atomic E-state index is 12.8. The van der Waals surface area contributed by atoms with E-state index in [9.17, 15) is 9.59 Å². The van der Waals surface area contributed by atoms with Gasteiger partial charge in [-0.2, -0.15) is 0 Å². The largest absolute Gasteiger partial charge is 0.333 e. The summed E-state index contributed by atoms with van der Waals surface area (Å²) in [6.45, 7) is 6.49. The number of halogens is 1. The number of piperazine rings is 1. The molecule has 1 saturated heterocycles. The Hall–Kier alpha value is -2.24. The summed E-state index contributed by atoms with van der Waals surface area (Å²) in [4.78, 5) is 31.4. The molecule has 0 bridgehead atoms. The van der Waals surface area contributed by atoms with Crippen LogP contribution in [-0.2, 0) is 11.2 Å². The molecule has 1 aliphatic heterocycles. The molecule has 0 aliphatic carbocycles. The lowest BCUT2D eigenvalue weighted by Crippen LogP contribution is -2.48. The second kappa shape index (κ2) is 11.1. The van der Waals surface area contributed by atoms with Gasteiger partial charge in [-0.25, -0.2) is 0 Å². The minimum Gasteiger partial charge on any atom is -0.333 e. The molecule has 1 aromatic carbocycles. The van der Waals surface area contributed by atoms with E-state index in [0.717, 1.165) is 18.5 Å². The number of carbonyl (C=O) groups is 2. The Balaban J connectivity index is 0.00000300. The highest BCUT2D eigenvalue weighted by Gasteiger charge is 2.28. The van der Waals surface area contributed by atoms with Gasteiger partial charge in [-0.3, -0.25) is 14.6 Å². The third kappa shape index (κ3) is 6.38. The number of benzene rings is 1. The van der Waals surface area contributed by atoms with Gasteiger partial charge in [0.05, 0.1) is 6.04 Å². The van der Waals surface area contributed by atoms with E-state index in [1.165, 1.54) is 5.56 Å². The number of hydrogen-bond donors (Lipinski definition) is 1. The highest BCUT2D eigenvalue weighted by atomic mass is 35.5. The Bertz CT molecular complexity index is 794. The van der Waals surface area contributed by atoms with Gasteiger partial charge in [0.25, 0.3) is 0 Å². The van der Waals surface area contributed by atoms with Crippen LogP contribution in [0.15, 0.2) is 48.8 Å². The Morgan fingerprint density at radius 3 is 2.59 bits per heavy atom. The van der Waals surface area contributed by atoms with Crippen molar-refractivity contribution in [2.45, 2.75) is 39.2 Å². The molecule has 0 radical (unpaired) electrons. The zero-order valence-corrected chi connectivity index (χ0v) is 18.0. The molecule has 0 saturated carbocycles. The lowest BCUT2D eigenvalue weighted by Gasteiger charge is -2.36. The van der Waals surface area contributed by atoms with Crippen LogP contribution in [-0.4, -0.2) is 41.2 Å². The van der Waals surface area contributed by atoms with Gasteiger partial charge >= 0.3 is 0 Å². The third-order valence-corrected chi connectivity index (χ3v) is 5.12. The monoisotopic (exact) mass is 415 g/mol. The Morgan fingerprint density at radius 1 is 1.17 bits per heavy atom. The SMILES string of the molecule is CC(C)Cc1ccc(C(=O)CCC(=O)N2CCNCC2c2cccnc2)cc1.Cl. The normalized spacial score (nSPS) is 16.4. The van der Waals surface area contributed by atoms with Crippen molar-refractivity contribution in [1.29, 1.82) is 0 Å². The van der Waals surface area contributed by atoms with Crippen molar-refractivity contribution in [2.75, 3.05) is 19.6 Å². The van der Waals surface area contributed by atoms with E-state index >= 15 is 0 Å². The fraction of sp³-hybridized carbons (Fsp3) is 0.435. The molecular weight excluding hydrogens is 386 g/mol. The molecule has 1 unspecified atom stereocenters. The molecule has 3 rings (SSSR count). The summed E-state index contributed by atoms with van der Waals surface area (Å²) in [5.41, 5.74) is 2.95. The summed E-state index contributed by atoms with van der Waals surface area (Å²) in [5.74, 6) is 0.642. The number of hydrogen-bond acceptors (Lipinski definition) is 4. The smallest absolute Gasteiger partial charge is 0.223 e. The minimum atomic E-state index is -0.0274. The maximum Gasteiger partial charge on any atom is 0.223 e. The van der Waals surface area contributed by atoms with E-state index in [-0.39, 0.29) is 43.0 Å². The second-order valence-corrected chi connectivity index (χ2v) is 7.81. The Kier molecular flexibility index (Phi) is 8.80. The zero-order valence-electron chi connectivity index (χ0n) is 17.1. The van der Waals surface area contributed by atoms with Crippen molar-refractivity contribution in [3.05, 3.63) is 65.5 Å². The predicted octanol–water partition coefficient (Wildman–Crippen LogP) is 3.84. The van der Waals surface area contributed by atoms with E-state index in [0.29, 0.717) is 24.6 Å². The average Bonchev–Trinajstić information content (AvgIpc) is 2.72. The molecule has 2 aromatic rings. The van der Waals surface area contributed by atoms with Crippen molar-refractivity contribution < 1.29 is 9.59 Å². The van der Waals surface area contributed by atoms with Crippen molar-refractivity contribution in [3.63, 3.8) is 0 Å². The van der Waals surface area contributed by atoms with E-state index in [1.807, 2.05) is 47.5 Å². The number of pyridine rings is 1. The van der Waals surface area contributed by atoms with Gasteiger partial charge in [0, 0.05) is 50.4 Å². The third-order valence-electron chi connectivity index (χ3n) is 5.12. The predicted molar refractivity (Wildman–Crippen MR) is 117 cm³/mol. The average molecular weight is 416 g/mol. The van der Waals surface area contributed by atoms with Crippen molar-refractivity contribution in [1.82, 2.24) is 15.2 Å². The first-order valence-electron chi connectivity index (χ1n) is 10.1. The van der Waals surface area contributed by atoms with Crippen molar-refractivity contribution >= 4 is 24.1 Å². The minimum absolute atomic E-state index is 0. The lowest BCUT2D eigenvalue weighted by molar-refractivity contribution is -0.134. The van der Waals surface area contributed by atoms with Gasteiger partial charge in [-0.05, 0) is 29.5 Å². The van der Waals surface area contributed by atoms with Crippen LogP contribution in [0.4, 0.5) is 0 Å². The Labute approximate surface area is 179 Å². The van der Waals surface area contributed by atoms with Crippen molar-refractivity contribution in [3.8, 4) is 0 Å². The first kappa shape index (κ1) is 23.0.